The van der Waals surface area contributed by atoms with Crippen molar-refractivity contribution in [3.8, 4) is 6.07 Å². The number of benzene rings is 1. The fourth-order valence-corrected chi connectivity index (χ4v) is 2.94. The lowest BCUT2D eigenvalue weighted by atomic mass is 10.1. The average Bonchev–Trinajstić information content (AvgIpc) is 3.01. The van der Waals surface area contributed by atoms with Crippen molar-refractivity contribution < 1.29 is 13.2 Å². The minimum atomic E-state index is -4.30. The normalized spacial score (nSPS) is 18.1. The van der Waals surface area contributed by atoms with Crippen molar-refractivity contribution in [2.75, 3.05) is 18.4 Å². The van der Waals surface area contributed by atoms with E-state index in [0.717, 1.165) is 37.2 Å². The molecule has 2 aromatic rings. The van der Waals surface area contributed by atoms with Gasteiger partial charge >= 0.3 is 6.18 Å². The van der Waals surface area contributed by atoms with Crippen molar-refractivity contribution in [3.05, 3.63) is 59.3 Å². The maximum Gasteiger partial charge on any atom is 0.416 e. The van der Waals surface area contributed by atoms with Gasteiger partial charge in [0.25, 0.3) is 0 Å². The number of halogens is 3. The molecule has 4 nitrogen and oxygen atoms in total. The summed E-state index contributed by atoms with van der Waals surface area (Å²) < 4.78 is 37.8. The molecule has 1 aliphatic heterocycles. The fraction of sp³-hybridized carbons (Fsp3) is 0.333. The van der Waals surface area contributed by atoms with Crippen LogP contribution in [0.25, 0.3) is 0 Å². The van der Waals surface area contributed by atoms with E-state index < -0.39 is 11.7 Å². The largest absolute Gasteiger partial charge is 0.416 e. The minimum Gasteiger partial charge on any atom is -0.366 e. The molecular formula is C18H17F3N4. The summed E-state index contributed by atoms with van der Waals surface area (Å²) >= 11 is 0. The Kier molecular flexibility index (Phi) is 4.91. The maximum atomic E-state index is 12.6. The van der Waals surface area contributed by atoms with Gasteiger partial charge in [-0.05, 0) is 36.2 Å². The smallest absolute Gasteiger partial charge is 0.366 e. The summed E-state index contributed by atoms with van der Waals surface area (Å²) in [7, 11) is 0. The molecule has 1 N–H and O–H groups in total. The summed E-state index contributed by atoms with van der Waals surface area (Å²) in [5.74, 6) is 0.667. The summed E-state index contributed by atoms with van der Waals surface area (Å²) in [6.07, 6.45) is -3.38. The van der Waals surface area contributed by atoms with Crippen molar-refractivity contribution >= 4 is 5.82 Å². The summed E-state index contributed by atoms with van der Waals surface area (Å²) in [6, 6.07) is 12.8. The molecular weight excluding hydrogens is 329 g/mol. The molecule has 3 rings (SSSR count). The van der Waals surface area contributed by atoms with Gasteiger partial charge in [-0.15, -0.1) is 0 Å². The van der Waals surface area contributed by atoms with Crippen LogP contribution < -0.4 is 5.32 Å². The van der Waals surface area contributed by atoms with Crippen LogP contribution in [0.2, 0.25) is 0 Å². The van der Waals surface area contributed by atoms with Crippen LogP contribution >= 0.6 is 0 Å². The summed E-state index contributed by atoms with van der Waals surface area (Å²) in [6.45, 7) is 2.25. The van der Waals surface area contributed by atoms with E-state index in [9.17, 15) is 13.2 Å². The van der Waals surface area contributed by atoms with E-state index in [1.54, 1.807) is 12.1 Å². The molecule has 1 aromatic carbocycles. The van der Waals surface area contributed by atoms with Gasteiger partial charge < -0.3 is 5.32 Å². The average molecular weight is 346 g/mol. The quantitative estimate of drug-likeness (QED) is 0.918. The Labute approximate surface area is 143 Å². The molecule has 130 valence electrons. The summed E-state index contributed by atoms with van der Waals surface area (Å²) in [4.78, 5) is 6.39. The van der Waals surface area contributed by atoms with Crippen LogP contribution in [-0.2, 0) is 12.7 Å². The first kappa shape index (κ1) is 17.2. The van der Waals surface area contributed by atoms with Gasteiger partial charge in [0.05, 0.1) is 5.56 Å². The summed E-state index contributed by atoms with van der Waals surface area (Å²) in [5.41, 5.74) is 0.600. The van der Waals surface area contributed by atoms with E-state index in [2.05, 4.69) is 15.2 Å². The molecule has 1 atom stereocenters. The highest BCUT2D eigenvalue weighted by Crippen LogP contribution is 2.29. The molecule has 0 aliphatic carbocycles. The number of likely N-dealkylation sites (tertiary alicyclic amines) is 1. The standard InChI is InChI=1S/C18H17F3N4/c19-18(20,21)14-6-4-13(5-7-14)11-25-9-8-16(12-25)24-17-3-1-2-15(10-22)23-17/h1-7,16H,8-9,11-12H2,(H,23,24). The van der Waals surface area contributed by atoms with Crippen LogP contribution in [0.5, 0.6) is 0 Å². The van der Waals surface area contributed by atoms with Crippen LogP contribution in [0.15, 0.2) is 42.5 Å². The Morgan fingerprint density at radius 2 is 1.96 bits per heavy atom. The summed E-state index contributed by atoms with van der Waals surface area (Å²) in [5, 5.41) is 12.2. The van der Waals surface area contributed by atoms with Crippen LogP contribution in [0.4, 0.5) is 19.0 Å². The zero-order valence-electron chi connectivity index (χ0n) is 13.4. The molecule has 7 heteroatoms. The van der Waals surface area contributed by atoms with E-state index in [1.807, 2.05) is 12.1 Å². The maximum absolute atomic E-state index is 12.6. The molecule has 25 heavy (non-hydrogen) atoms. The van der Waals surface area contributed by atoms with Crippen molar-refractivity contribution in [1.29, 1.82) is 5.26 Å². The Morgan fingerprint density at radius 3 is 2.64 bits per heavy atom. The fourth-order valence-electron chi connectivity index (χ4n) is 2.94. The van der Waals surface area contributed by atoms with Gasteiger partial charge in [0.2, 0.25) is 0 Å². The molecule has 0 amide bonds. The van der Waals surface area contributed by atoms with Crippen molar-refractivity contribution in [3.63, 3.8) is 0 Å². The zero-order valence-corrected chi connectivity index (χ0v) is 13.4. The second kappa shape index (κ2) is 7.11. The Hall–Kier alpha value is -2.59. The number of nitrogens with zero attached hydrogens (tertiary/aromatic N) is 3. The molecule has 0 spiro atoms. The Bertz CT molecular complexity index is 765. The monoisotopic (exact) mass is 346 g/mol. The van der Waals surface area contributed by atoms with Gasteiger partial charge in [-0.3, -0.25) is 4.90 Å². The van der Waals surface area contributed by atoms with Gasteiger partial charge in [0, 0.05) is 25.7 Å². The number of anilines is 1. The van der Waals surface area contributed by atoms with Crippen LogP contribution in [0.1, 0.15) is 23.2 Å². The van der Waals surface area contributed by atoms with E-state index in [1.165, 1.54) is 12.1 Å². The number of aromatic nitrogens is 1. The molecule has 0 bridgehead atoms. The van der Waals surface area contributed by atoms with Crippen LogP contribution in [0, 0.1) is 11.3 Å². The molecule has 0 saturated carbocycles. The van der Waals surface area contributed by atoms with Crippen LogP contribution in [-0.4, -0.2) is 29.0 Å². The third-order valence-electron chi connectivity index (χ3n) is 4.18. The topological polar surface area (TPSA) is 52.0 Å². The zero-order chi connectivity index (χ0) is 17.9. The number of hydrogen-bond acceptors (Lipinski definition) is 4. The molecule has 0 radical (unpaired) electrons. The first-order chi connectivity index (χ1) is 11.9. The predicted molar refractivity (Wildman–Crippen MR) is 87.7 cm³/mol. The Morgan fingerprint density at radius 1 is 1.20 bits per heavy atom. The lowest BCUT2D eigenvalue weighted by molar-refractivity contribution is -0.137. The lowest BCUT2D eigenvalue weighted by Gasteiger charge is -2.17. The van der Waals surface area contributed by atoms with Gasteiger partial charge in [-0.2, -0.15) is 18.4 Å². The molecule has 2 heterocycles. The number of nitriles is 1. The van der Waals surface area contributed by atoms with Crippen molar-refractivity contribution in [2.24, 2.45) is 0 Å². The highest BCUT2D eigenvalue weighted by molar-refractivity contribution is 5.39. The molecule has 1 fully saturated rings. The van der Waals surface area contributed by atoms with Gasteiger partial charge in [-0.25, -0.2) is 4.98 Å². The van der Waals surface area contributed by atoms with Crippen molar-refractivity contribution in [2.45, 2.75) is 25.2 Å². The number of nitrogens with one attached hydrogen (secondary N) is 1. The number of alkyl halides is 3. The predicted octanol–water partition coefficient (Wildman–Crippen LogP) is 3.66. The number of hydrogen-bond donors (Lipinski definition) is 1. The second-order valence-corrected chi connectivity index (χ2v) is 6.08. The molecule has 1 aromatic heterocycles. The van der Waals surface area contributed by atoms with E-state index in [4.69, 9.17) is 5.26 Å². The molecule has 1 saturated heterocycles. The van der Waals surface area contributed by atoms with E-state index in [-0.39, 0.29) is 6.04 Å². The second-order valence-electron chi connectivity index (χ2n) is 6.08. The molecule has 1 unspecified atom stereocenters. The number of pyridine rings is 1. The van der Waals surface area contributed by atoms with E-state index in [0.29, 0.717) is 18.1 Å². The van der Waals surface area contributed by atoms with E-state index >= 15 is 0 Å². The third kappa shape index (κ3) is 4.48. The van der Waals surface area contributed by atoms with Gasteiger partial charge in [0.1, 0.15) is 17.6 Å². The SMILES string of the molecule is N#Cc1cccc(NC2CCN(Cc3ccc(C(F)(F)F)cc3)C2)n1. The first-order valence-corrected chi connectivity index (χ1v) is 7.96. The lowest BCUT2D eigenvalue weighted by Crippen LogP contribution is -2.26. The van der Waals surface area contributed by atoms with Crippen molar-refractivity contribution in [1.82, 2.24) is 9.88 Å². The van der Waals surface area contributed by atoms with Crippen LogP contribution in [0.3, 0.4) is 0 Å². The van der Waals surface area contributed by atoms with Gasteiger partial charge in [0.15, 0.2) is 0 Å². The minimum absolute atomic E-state index is 0.205. The molecule has 1 aliphatic rings. The third-order valence-corrected chi connectivity index (χ3v) is 4.18. The highest BCUT2D eigenvalue weighted by atomic mass is 19.4. The number of rotatable bonds is 4. The highest BCUT2D eigenvalue weighted by Gasteiger charge is 2.30. The first-order valence-electron chi connectivity index (χ1n) is 7.96. The van der Waals surface area contributed by atoms with Gasteiger partial charge in [-0.1, -0.05) is 18.2 Å². The Balaban J connectivity index is 1.55.